The quantitative estimate of drug-likeness (QED) is 0.788. The predicted octanol–water partition coefficient (Wildman–Crippen LogP) is 2.87. The van der Waals surface area contributed by atoms with Crippen molar-refractivity contribution in [1.82, 2.24) is 0 Å². The first-order valence-electron chi connectivity index (χ1n) is 6.15. The van der Waals surface area contributed by atoms with Gasteiger partial charge < -0.3 is 0 Å². The molecule has 4 heteroatoms. The molecule has 0 heterocycles. The summed E-state index contributed by atoms with van der Waals surface area (Å²) in [6.45, 7) is 4.62. The van der Waals surface area contributed by atoms with Crippen molar-refractivity contribution < 1.29 is 14.6 Å². The average molecular weight is 310 g/mol. The zero-order valence-corrected chi connectivity index (χ0v) is 12.7. The van der Waals surface area contributed by atoms with Crippen LogP contribution in [0.4, 0.5) is 0 Å². The number of para-hydroxylation sites is 1. The van der Waals surface area contributed by atoms with Gasteiger partial charge in [0.25, 0.3) is 0 Å². The van der Waals surface area contributed by atoms with E-state index in [4.69, 9.17) is 9.84 Å². The van der Waals surface area contributed by atoms with E-state index >= 15 is 0 Å². The van der Waals surface area contributed by atoms with Crippen LogP contribution in [-0.4, -0.2) is 34.5 Å². The standard InChI is InChI=1S/C14H19AsO3/c1-3-18-13-7-5-4-6-12(13)10(2)8-11(9-15)14(16)17/h4-7,10-11H,3,8-9H2,1-2H3,(H,16,17). The van der Waals surface area contributed by atoms with Gasteiger partial charge >= 0.3 is 117 Å². The molecule has 0 saturated carbocycles. The first-order valence-corrected chi connectivity index (χ1v) is 7.48. The molecular formula is C14H19AsO3. The van der Waals surface area contributed by atoms with Crippen LogP contribution in [0.2, 0.25) is 5.21 Å². The third kappa shape index (κ3) is 4.06. The summed E-state index contributed by atoms with van der Waals surface area (Å²) in [5, 5.41) is 9.70. The van der Waals surface area contributed by atoms with E-state index in [0.29, 0.717) is 18.2 Å². The van der Waals surface area contributed by atoms with Crippen LogP contribution in [-0.2, 0) is 4.79 Å². The second kappa shape index (κ2) is 7.48. The number of carboxylic acid groups (broad SMARTS) is 1. The molecule has 0 aliphatic carbocycles. The number of aliphatic carboxylic acids is 1. The van der Waals surface area contributed by atoms with Crippen molar-refractivity contribution in [2.75, 3.05) is 6.61 Å². The van der Waals surface area contributed by atoms with Crippen LogP contribution in [0.5, 0.6) is 5.75 Å². The molecule has 0 aliphatic heterocycles. The number of carbonyl (C=O) groups is 1. The maximum atomic E-state index is 11.1. The van der Waals surface area contributed by atoms with Crippen molar-refractivity contribution >= 4 is 22.8 Å². The minimum absolute atomic E-state index is 0.179. The zero-order valence-electron chi connectivity index (χ0n) is 10.8. The molecule has 0 spiro atoms. The van der Waals surface area contributed by atoms with Crippen molar-refractivity contribution in [3.05, 3.63) is 29.8 Å². The van der Waals surface area contributed by atoms with E-state index in [1.807, 2.05) is 31.2 Å². The first-order chi connectivity index (χ1) is 8.60. The third-order valence-corrected chi connectivity index (χ3v) is 3.88. The molecule has 2 radical (unpaired) electrons. The Hall–Kier alpha value is -0.952. The molecular weight excluding hydrogens is 291 g/mol. The van der Waals surface area contributed by atoms with Gasteiger partial charge in [0.05, 0.1) is 0 Å². The molecule has 2 atom stereocenters. The van der Waals surface area contributed by atoms with Crippen LogP contribution in [0.3, 0.4) is 0 Å². The van der Waals surface area contributed by atoms with Crippen molar-refractivity contribution in [3.8, 4) is 5.75 Å². The number of ether oxygens (including phenoxy) is 1. The Labute approximate surface area is 117 Å². The normalized spacial score (nSPS) is 13.9. The van der Waals surface area contributed by atoms with E-state index < -0.39 is 5.97 Å². The van der Waals surface area contributed by atoms with Crippen LogP contribution < -0.4 is 4.74 Å². The van der Waals surface area contributed by atoms with E-state index in [9.17, 15) is 4.79 Å². The summed E-state index contributed by atoms with van der Waals surface area (Å²) < 4.78 is 5.58. The fourth-order valence-corrected chi connectivity index (χ4v) is 2.62. The Morgan fingerprint density at radius 2 is 2.11 bits per heavy atom. The van der Waals surface area contributed by atoms with Gasteiger partial charge in [0.1, 0.15) is 0 Å². The van der Waals surface area contributed by atoms with E-state index in [1.165, 1.54) is 0 Å². The summed E-state index contributed by atoms with van der Waals surface area (Å²) in [6, 6.07) is 7.85. The average Bonchev–Trinajstić information content (AvgIpc) is 2.36. The van der Waals surface area contributed by atoms with Gasteiger partial charge in [-0.25, -0.2) is 0 Å². The molecule has 0 aromatic heterocycles. The van der Waals surface area contributed by atoms with Gasteiger partial charge in [-0.2, -0.15) is 0 Å². The fraction of sp³-hybridized carbons (Fsp3) is 0.500. The molecule has 1 aromatic carbocycles. The van der Waals surface area contributed by atoms with Crippen molar-refractivity contribution in [2.24, 2.45) is 5.92 Å². The van der Waals surface area contributed by atoms with E-state index in [-0.39, 0.29) is 11.8 Å². The van der Waals surface area contributed by atoms with E-state index in [0.717, 1.165) is 11.3 Å². The second-order valence-electron chi connectivity index (χ2n) is 4.33. The Morgan fingerprint density at radius 3 is 2.67 bits per heavy atom. The van der Waals surface area contributed by atoms with Crippen LogP contribution in [0, 0.1) is 5.92 Å². The van der Waals surface area contributed by atoms with Gasteiger partial charge in [-0.05, 0) is 0 Å². The Bertz CT molecular complexity index is 392. The van der Waals surface area contributed by atoms with E-state index in [1.54, 1.807) is 0 Å². The summed E-state index contributed by atoms with van der Waals surface area (Å²) in [5.41, 5.74) is 1.09. The first kappa shape index (κ1) is 15.1. The predicted molar refractivity (Wildman–Crippen MR) is 72.3 cm³/mol. The SMILES string of the molecule is CCOc1ccccc1C(C)CC(C[As])C(=O)O. The molecule has 0 bridgehead atoms. The van der Waals surface area contributed by atoms with E-state index in [2.05, 4.69) is 23.8 Å². The van der Waals surface area contributed by atoms with Gasteiger partial charge in [-0.3, -0.25) is 0 Å². The van der Waals surface area contributed by atoms with Crippen LogP contribution in [0.25, 0.3) is 0 Å². The van der Waals surface area contributed by atoms with Crippen molar-refractivity contribution in [2.45, 2.75) is 31.4 Å². The molecule has 3 nitrogen and oxygen atoms in total. The van der Waals surface area contributed by atoms with Gasteiger partial charge in [0, 0.05) is 0 Å². The minimum atomic E-state index is -0.726. The Balaban J connectivity index is 2.82. The fourth-order valence-electron chi connectivity index (χ4n) is 1.98. The monoisotopic (exact) mass is 310 g/mol. The van der Waals surface area contributed by atoms with Crippen LogP contribution in [0.15, 0.2) is 24.3 Å². The summed E-state index contributed by atoms with van der Waals surface area (Å²) in [4.78, 5) is 11.1. The molecule has 1 aromatic rings. The molecule has 2 unspecified atom stereocenters. The summed E-state index contributed by atoms with van der Waals surface area (Å²) in [7, 11) is 0. The second-order valence-corrected chi connectivity index (χ2v) is 5.09. The zero-order chi connectivity index (χ0) is 13.5. The number of rotatable bonds is 7. The number of benzene rings is 1. The molecule has 18 heavy (non-hydrogen) atoms. The summed E-state index contributed by atoms with van der Waals surface area (Å²) in [5.74, 6) is 0.00582. The molecule has 1 N–H and O–H groups in total. The Morgan fingerprint density at radius 1 is 1.44 bits per heavy atom. The topological polar surface area (TPSA) is 46.5 Å². The van der Waals surface area contributed by atoms with Crippen LogP contribution >= 0.6 is 0 Å². The van der Waals surface area contributed by atoms with Gasteiger partial charge in [0.15, 0.2) is 0 Å². The van der Waals surface area contributed by atoms with Gasteiger partial charge in [0.2, 0.25) is 0 Å². The third-order valence-electron chi connectivity index (χ3n) is 2.96. The molecule has 0 aliphatic rings. The Kier molecular flexibility index (Phi) is 6.27. The molecule has 98 valence electrons. The van der Waals surface area contributed by atoms with Gasteiger partial charge in [-0.1, -0.05) is 0 Å². The molecule has 0 saturated heterocycles. The van der Waals surface area contributed by atoms with Gasteiger partial charge in [-0.15, -0.1) is 0 Å². The molecule has 1 rings (SSSR count). The van der Waals surface area contributed by atoms with Crippen molar-refractivity contribution in [3.63, 3.8) is 0 Å². The molecule has 0 fully saturated rings. The van der Waals surface area contributed by atoms with Crippen molar-refractivity contribution in [1.29, 1.82) is 0 Å². The van der Waals surface area contributed by atoms with Crippen LogP contribution in [0.1, 0.15) is 31.7 Å². The maximum absolute atomic E-state index is 11.1. The summed E-state index contributed by atoms with van der Waals surface area (Å²) in [6.07, 6.45) is 0.633. The summed E-state index contributed by atoms with van der Waals surface area (Å²) >= 11 is 2.36. The molecule has 0 amide bonds. The number of hydrogen-bond donors (Lipinski definition) is 1. The number of carboxylic acids is 1. The number of hydrogen-bond acceptors (Lipinski definition) is 2.